The Labute approximate surface area is 107 Å². The first kappa shape index (κ1) is 13.7. The summed E-state index contributed by atoms with van der Waals surface area (Å²) in [5.41, 5.74) is -2.00. The second-order valence-electron chi connectivity index (χ2n) is 2.79. The van der Waals surface area contributed by atoms with Gasteiger partial charge in [0.2, 0.25) is 0 Å². The number of halogens is 3. The molecule has 17 heavy (non-hydrogen) atoms. The third-order valence-corrected chi connectivity index (χ3v) is 2.59. The van der Waals surface area contributed by atoms with E-state index in [0.717, 1.165) is 7.11 Å². The van der Waals surface area contributed by atoms with E-state index in [1.54, 1.807) is 0 Å². The third kappa shape index (κ3) is 2.84. The van der Waals surface area contributed by atoms with Crippen LogP contribution in [0.4, 0.5) is 14.5 Å². The number of carbonyl (C=O) groups excluding carboxylic acids is 1. The Kier molecular flexibility index (Phi) is 4.26. The smallest absolute Gasteiger partial charge is 0.357 e. The van der Waals surface area contributed by atoms with E-state index < -0.39 is 34.3 Å². The number of nitrogens with zero attached hydrogens (tertiary/aromatic N) is 2. The van der Waals surface area contributed by atoms with E-state index in [0.29, 0.717) is 6.07 Å². The minimum atomic E-state index is -3.05. The summed E-state index contributed by atoms with van der Waals surface area (Å²) < 4.78 is 29.4. The Morgan fingerprint density at radius 2 is 2.24 bits per heavy atom. The summed E-state index contributed by atoms with van der Waals surface area (Å²) in [6, 6.07) is 0.631. The molecule has 0 aromatic carbocycles. The van der Waals surface area contributed by atoms with Crippen molar-refractivity contribution in [2.24, 2.45) is 0 Å². The molecule has 0 N–H and O–H groups in total. The highest BCUT2D eigenvalue weighted by Crippen LogP contribution is 2.29. The molecule has 0 saturated heterocycles. The molecule has 0 aliphatic heterocycles. The molecule has 0 saturated carbocycles. The van der Waals surface area contributed by atoms with Crippen LogP contribution in [0.25, 0.3) is 0 Å². The number of nitro groups is 1. The number of rotatable bonds is 3. The van der Waals surface area contributed by atoms with Crippen molar-refractivity contribution in [1.82, 2.24) is 4.98 Å². The van der Waals surface area contributed by atoms with Crippen LogP contribution in [-0.4, -0.2) is 23.0 Å². The first-order valence-electron chi connectivity index (χ1n) is 4.09. The van der Waals surface area contributed by atoms with Gasteiger partial charge in [0.1, 0.15) is 0 Å². The van der Waals surface area contributed by atoms with Gasteiger partial charge in [-0.15, -0.1) is 0 Å². The standard InChI is InChI=1S/C8H5F2IN2O4/c1-17-8(14)5-3(6(9)10)2-4(13(15)16)7(11)12-5/h2,6H,1H3. The number of pyridine rings is 1. The fraction of sp³-hybridized carbons (Fsp3) is 0.250. The van der Waals surface area contributed by atoms with Crippen molar-refractivity contribution in [1.29, 1.82) is 0 Å². The number of ether oxygens (including phenoxy) is 1. The number of aromatic nitrogens is 1. The molecule has 9 heteroatoms. The van der Waals surface area contributed by atoms with E-state index >= 15 is 0 Å². The number of hydrogen-bond donors (Lipinski definition) is 0. The van der Waals surface area contributed by atoms with Gasteiger partial charge in [-0.05, 0) is 22.6 Å². The lowest BCUT2D eigenvalue weighted by atomic mass is 10.2. The average Bonchev–Trinajstić information content (AvgIpc) is 2.26. The topological polar surface area (TPSA) is 82.3 Å². The SMILES string of the molecule is COC(=O)c1nc(I)c([N+](=O)[O-])cc1C(F)F. The minimum Gasteiger partial charge on any atom is -0.464 e. The Hall–Kier alpha value is -1.39. The third-order valence-electron chi connectivity index (χ3n) is 1.80. The summed E-state index contributed by atoms with van der Waals surface area (Å²) in [6.45, 7) is 0. The van der Waals surface area contributed by atoms with Gasteiger partial charge < -0.3 is 4.74 Å². The first-order valence-corrected chi connectivity index (χ1v) is 5.17. The van der Waals surface area contributed by atoms with Crippen molar-refractivity contribution in [2.75, 3.05) is 7.11 Å². The highest BCUT2D eigenvalue weighted by Gasteiger charge is 2.26. The Balaban J connectivity index is 3.46. The van der Waals surface area contributed by atoms with Gasteiger partial charge in [0, 0.05) is 6.07 Å². The summed E-state index contributed by atoms with van der Waals surface area (Å²) in [5, 5.41) is 10.5. The molecule has 1 aromatic heterocycles. The van der Waals surface area contributed by atoms with E-state index in [2.05, 4.69) is 9.72 Å². The van der Waals surface area contributed by atoms with E-state index in [4.69, 9.17) is 0 Å². The molecule has 0 spiro atoms. The second kappa shape index (κ2) is 5.29. The number of methoxy groups -OCH3 is 1. The molecule has 0 atom stereocenters. The van der Waals surface area contributed by atoms with E-state index in [-0.39, 0.29) is 3.70 Å². The molecule has 0 unspecified atom stereocenters. The first-order chi connectivity index (χ1) is 7.88. The highest BCUT2D eigenvalue weighted by molar-refractivity contribution is 14.1. The average molecular weight is 358 g/mol. The molecule has 1 aromatic rings. The molecule has 0 bridgehead atoms. The lowest BCUT2D eigenvalue weighted by Gasteiger charge is -2.06. The van der Waals surface area contributed by atoms with Gasteiger partial charge in [-0.3, -0.25) is 10.1 Å². The van der Waals surface area contributed by atoms with Crippen molar-refractivity contribution < 1.29 is 23.2 Å². The van der Waals surface area contributed by atoms with Crippen LogP contribution in [-0.2, 0) is 4.74 Å². The molecule has 92 valence electrons. The van der Waals surface area contributed by atoms with Gasteiger partial charge in [0.05, 0.1) is 17.6 Å². The Morgan fingerprint density at radius 3 is 2.65 bits per heavy atom. The predicted octanol–water partition coefficient (Wildman–Crippen LogP) is 2.32. The van der Waals surface area contributed by atoms with E-state index in [1.807, 2.05) is 0 Å². The fourth-order valence-electron chi connectivity index (χ4n) is 1.05. The summed E-state index contributed by atoms with van der Waals surface area (Å²) in [6.07, 6.45) is -3.05. The summed E-state index contributed by atoms with van der Waals surface area (Å²) in [7, 11) is 1.01. The molecule has 0 aliphatic carbocycles. The van der Waals surface area contributed by atoms with Crippen LogP contribution in [0, 0.1) is 13.8 Å². The van der Waals surface area contributed by atoms with Crippen molar-refractivity contribution in [3.63, 3.8) is 0 Å². The van der Waals surface area contributed by atoms with Gasteiger partial charge in [-0.2, -0.15) is 0 Å². The zero-order chi connectivity index (χ0) is 13.2. The minimum absolute atomic E-state index is 0.155. The zero-order valence-electron chi connectivity index (χ0n) is 8.32. The van der Waals surface area contributed by atoms with Gasteiger partial charge in [0.15, 0.2) is 9.39 Å². The maximum Gasteiger partial charge on any atom is 0.357 e. The van der Waals surface area contributed by atoms with Gasteiger partial charge in [0.25, 0.3) is 6.43 Å². The molecule has 0 amide bonds. The molecule has 0 aliphatic rings. The second-order valence-corrected chi connectivity index (χ2v) is 3.81. The molecule has 0 fully saturated rings. The number of alkyl halides is 2. The van der Waals surface area contributed by atoms with Gasteiger partial charge in [-0.25, -0.2) is 18.6 Å². The van der Waals surface area contributed by atoms with Crippen LogP contribution >= 0.6 is 22.6 Å². The molecule has 6 nitrogen and oxygen atoms in total. The quantitative estimate of drug-likeness (QED) is 0.272. The van der Waals surface area contributed by atoms with Crippen LogP contribution in [0.15, 0.2) is 6.07 Å². The van der Waals surface area contributed by atoms with Crippen molar-refractivity contribution in [3.05, 3.63) is 31.1 Å². The van der Waals surface area contributed by atoms with Crippen LogP contribution in [0.5, 0.6) is 0 Å². The number of carbonyl (C=O) groups is 1. The maximum absolute atomic E-state index is 12.6. The van der Waals surface area contributed by atoms with Crippen LogP contribution in [0.2, 0.25) is 0 Å². The van der Waals surface area contributed by atoms with Crippen LogP contribution < -0.4 is 0 Å². The van der Waals surface area contributed by atoms with E-state index in [1.165, 1.54) is 22.6 Å². The van der Waals surface area contributed by atoms with E-state index in [9.17, 15) is 23.7 Å². The normalized spacial score (nSPS) is 10.4. The van der Waals surface area contributed by atoms with Crippen LogP contribution in [0.3, 0.4) is 0 Å². The Bertz CT molecular complexity index is 481. The molecule has 0 radical (unpaired) electrons. The van der Waals surface area contributed by atoms with Gasteiger partial charge in [-0.1, -0.05) is 0 Å². The zero-order valence-corrected chi connectivity index (χ0v) is 10.5. The number of hydrogen-bond acceptors (Lipinski definition) is 5. The highest BCUT2D eigenvalue weighted by atomic mass is 127. The van der Waals surface area contributed by atoms with Crippen LogP contribution in [0.1, 0.15) is 22.5 Å². The molecular weight excluding hydrogens is 353 g/mol. The summed E-state index contributed by atoms with van der Waals surface area (Å²) in [4.78, 5) is 24.4. The maximum atomic E-state index is 12.6. The summed E-state index contributed by atoms with van der Waals surface area (Å²) in [5.74, 6) is -1.06. The fourth-order valence-corrected chi connectivity index (χ4v) is 1.64. The van der Waals surface area contributed by atoms with Gasteiger partial charge >= 0.3 is 11.7 Å². The monoisotopic (exact) mass is 358 g/mol. The molecule has 1 rings (SSSR count). The van der Waals surface area contributed by atoms with Crippen molar-refractivity contribution in [2.45, 2.75) is 6.43 Å². The molecule has 1 heterocycles. The number of esters is 1. The lowest BCUT2D eigenvalue weighted by Crippen LogP contribution is -2.11. The summed E-state index contributed by atoms with van der Waals surface area (Å²) >= 11 is 1.49. The molecular formula is C8H5F2IN2O4. The largest absolute Gasteiger partial charge is 0.464 e. The van der Waals surface area contributed by atoms with Crippen molar-refractivity contribution in [3.8, 4) is 0 Å². The predicted molar refractivity (Wildman–Crippen MR) is 59.9 cm³/mol. The lowest BCUT2D eigenvalue weighted by molar-refractivity contribution is -0.386. The Morgan fingerprint density at radius 1 is 1.65 bits per heavy atom. The van der Waals surface area contributed by atoms with Crippen molar-refractivity contribution >= 4 is 34.2 Å².